The minimum Gasteiger partial charge on any atom is -0.273 e. The summed E-state index contributed by atoms with van der Waals surface area (Å²) in [6.07, 6.45) is 8.27. The second-order valence-electron chi connectivity index (χ2n) is 10.4. The van der Waals surface area contributed by atoms with Gasteiger partial charge in [0.15, 0.2) is 5.13 Å². The summed E-state index contributed by atoms with van der Waals surface area (Å²) in [5, 5.41) is 0.485. The van der Waals surface area contributed by atoms with E-state index in [0.29, 0.717) is 26.9 Å². The van der Waals surface area contributed by atoms with Crippen LogP contribution >= 0.6 is 34.7 Å². The van der Waals surface area contributed by atoms with E-state index in [0.717, 1.165) is 28.0 Å². The Kier molecular flexibility index (Phi) is 4.67. The van der Waals surface area contributed by atoms with E-state index in [9.17, 15) is 9.18 Å². The van der Waals surface area contributed by atoms with Crippen molar-refractivity contribution in [2.45, 2.75) is 49.3 Å². The first-order chi connectivity index (χ1) is 16.0. The van der Waals surface area contributed by atoms with E-state index in [4.69, 9.17) is 16.6 Å². The van der Waals surface area contributed by atoms with E-state index in [2.05, 4.69) is 18.2 Å². The molecule has 1 aliphatic heterocycles. The molecule has 5 aliphatic rings. The summed E-state index contributed by atoms with van der Waals surface area (Å²) in [5.74, 6) is 2.55. The molecule has 1 amide bonds. The van der Waals surface area contributed by atoms with Gasteiger partial charge in [0.1, 0.15) is 11.2 Å². The Bertz CT molecular complexity index is 1230. The maximum atomic E-state index is 14.7. The molecule has 1 atom stereocenters. The van der Waals surface area contributed by atoms with Crippen LogP contribution in [0, 0.1) is 23.6 Å². The number of thioether (sulfide) groups is 1. The normalized spacial score (nSPS) is 32.9. The number of thiazole rings is 1. The van der Waals surface area contributed by atoms with Gasteiger partial charge in [-0.1, -0.05) is 35.1 Å². The standard InChI is InChI=1S/C26H24ClFN2OS2/c27-18-2-1-3-19(28)23(18)24-30(22(31)13-32-24)25-29-20-5-4-17(9-21(20)33-25)26-10-14-6-15(11-26)8-16(7-14)12-26/h1-5,9,14-16,24H,6-8,10-13H2. The Labute approximate surface area is 205 Å². The van der Waals surface area contributed by atoms with Crippen LogP contribution in [-0.2, 0) is 10.2 Å². The van der Waals surface area contributed by atoms with Gasteiger partial charge in [0, 0.05) is 10.6 Å². The third kappa shape index (κ3) is 3.20. The number of hydrogen-bond acceptors (Lipinski definition) is 4. The third-order valence-corrected chi connectivity index (χ3v) is 10.9. The average Bonchev–Trinajstić information content (AvgIpc) is 3.35. The summed E-state index contributed by atoms with van der Waals surface area (Å²) in [6, 6.07) is 11.4. The van der Waals surface area contributed by atoms with E-state index >= 15 is 0 Å². The lowest BCUT2D eigenvalue weighted by Crippen LogP contribution is -2.48. The number of hydrogen-bond donors (Lipinski definition) is 0. The molecule has 0 N–H and O–H groups in total. The second-order valence-corrected chi connectivity index (χ2v) is 12.9. The SMILES string of the molecule is O=C1CSC(c2c(F)cccc2Cl)N1c1nc2ccc(C34CC5CC(CC(C5)C3)C4)cc2s1. The Morgan fingerprint density at radius 2 is 1.79 bits per heavy atom. The molecule has 3 nitrogen and oxygen atoms in total. The zero-order valence-corrected chi connectivity index (χ0v) is 20.5. The first-order valence-corrected chi connectivity index (χ1v) is 14.0. The van der Waals surface area contributed by atoms with Crippen LogP contribution in [0.1, 0.15) is 55.0 Å². The van der Waals surface area contributed by atoms with Crippen LogP contribution in [0.4, 0.5) is 9.52 Å². The Hall–Kier alpha value is -1.63. The topological polar surface area (TPSA) is 33.2 Å². The van der Waals surface area contributed by atoms with Crippen LogP contribution in [0.2, 0.25) is 5.02 Å². The number of aromatic nitrogens is 1. The lowest BCUT2D eigenvalue weighted by molar-refractivity contribution is -0.115. The molecule has 4 saturated carbocycles. The number of carbonyl (C=O) groups excluding carboxylic acids is 1. The lowest BCUT2D eigenvalue weighted by Gasteiger charge is -2.57. The van der Waals surface area contributed by atoms with Crippen LogP contribution in [0.3, 0.4) is 0 Å². The van der Waals surface area contributed by atoms with Crippen molar-refractivity contribution in [3.05, 3.63) is 58.4 Å². The number of rotatable bonds is 3. The van der Waals surface area contributed by atoms with Crippen molar-refractivity contribution in [3.63, 3.8) is 0 Å². The van der Waals surface area contributed by atoms with Crippen molar-refractivity contribution in [2.75, 3.05) is 10.7 Å². The van der Waals surface area contributed by atoms with Gasteiger partial charge in [0.2, 0.25) is 5.91 Å². The molecule has 3 aromatic rings. The van der Waals surface area contributed by atoms with E-state index in [-0.39, 0.29) is 11.7 Å². The van der Waals surface area contributed by atoms with Crippen LogP contribution in [0.5, 0.6) is 0 Å². The highest BCUT2D eigenvalue weighted by molar-refractivity contribution is 8.00. The van der Waals surface area contributed by atoms with Gasteiger partial charge < -0.3 is 0 Å². The van der Waals surface area contributed by atoms with Crippen LogP contribution in [0.25, 0.3) is 10.2 Å². The smallest absolute Gasteiger partial charge is 0.240 e. The van der Waals surface area contributed by atoms with E-state index in [1.807, 2.05) is 0 Å². The summed E-state index contributed by atoms with van der Waals surface area (Å²) >= 11 is 9.30. The largest absolute Gasteiger partial charge is 0.273 e. The zero-order valence-electron chi connectivity index (χ0n) is 18.1. The quantitative estimate of drug-likeness (QED) is 0.379. The van der Waals surface area contributed by atoms with Gasteiger partial charge in [-0.25, -0.2) is 9.37 Å². The van der Waals surface area contributed by atoms with Gasteiger partial charge in [0.25, 0.3) is 0 Å². The van der Waals surface area contributed by atoms with Gasteiger partial charge in [-0.2, -0.15) is 0 Å². The monoisotopic (exact) mass is 498 g/mol. The summed E-state index contributed by atoms with van der Waals surface area (Å²) < 4.78 is 15.8. The Morgan fingerprint density at radius 1 is 1.06 bits per heavy atom. The Morgan fingerprint density at radius 3 is 2.48 bits per heavy atom. The lowest BCUT2D eigenvalue weighted by atomic mass is 9.48. The number of halogens is 2. The molecule has 170 valence electrons. The molecule has 5 fully saturated rings. The number of benzene rings is 2. The van der Waals surface area contributed by atoms with Gasteiger partial charge in [-0.15, -0.1) is 11.8 Å². The first-order valence-electron chi connectivity index (χ1n) is 11.8. The zero-order chi connectivity index (χ0) is 22.3. The molecule has 7 heteroatoms. The fourth-order valence-electron chi connectivity index (χ4n) is 7.40. The molecular formula is C26H24ClFN2OS2. The number of nitrogens with zero attached hydrogens (tertiary/aromatic N) is 2. The van der Waals surface area contributed by atoms with Gasteiger partial charge in [-0.3, -0.25) is 9.69 Å². The number of carbonyl (C=O) groups is 1. The van der Waals surface area contributed by atoms with Crippen molar-refractivity contribution >= 4 is 56.0 Å². The Balaban J connectivity index is 1.27. The molecule has 33 heavy (non-hydrogen) atoms. The summed E-state index contributed by atoms with van der Waals surface area (Å²) in [6.45, 7) is 0. The first kappa shape index (κ1) is 20.7. The predicted molar refractivity (Wildman–Crippen MR) is 134 cm³/mol. The number of fused-ring (bicyclic) bond motifs is 1. The molecule has 4 aliphatic carbocycles. The molecule has 1 aromatic heterocycles. The molecule has 4 bridgehead atoms. The van der Waals surface area contributed by atoms with Gasteiger partial charge in [-0.05, 0) is 91.5 Å². The number of anilines is 1. The minimum atomic E-state index is -0.491. The maximum Gasteiger partial charge on any atom is 0.240 e. The minimum absolute atomic E-state index is 0.0512. The summed E-state index contributed by atoms with van der Waals surface area (Å²) in [5.41, 5.74) is 3.06. The van der Waals surface area contributed by atoms with Gasteiger partial charge in [0.05, 0.1) is 16.0 Å². The molecule has 2 aromatic carbocycles. The highest BCUT2D eigenvalue weighted by Crippen LogP contribution is 2.61. The fourth-order valence-corrected chi connectivity index (χ4v) is 10.1. The molecule has 0 radical (unpaired) electrons. The van der Waals surface area contributed by atoms with E-state index in [1.165, 1.54) is 61.9 Å². The summed E-state index contributed by atoms with van der Waals surface area (Å²) in [7, 11) is 0. The highest BCUT2D eigenvalue weighted by atomic mass is 35.5. The van der Waals surface area contributed by atoms with Crippen molar-refractivity contribution in [1.82, 2.24) is 4.98 Å². The van der Waals surface area contributed by atoms with Crippen molar-refractivity contribution in [3.8, 4) is 0 Å². The maximum absolute atomic E-state index is 14.7. The van der Waals surface area contributed by atoms with Crippen molar-refractivity contribution in [2.24, 2.45) is 17.8 Å². The molecular weight excluding hydrogens is 475 g/mol. The van der Waals surface area contributed by atoms with Crippen LogP contribution in [0.15, 0.2) is 36.4 Å². The van der Waals surface area contributed by atoms with Crippen LogP contribution in [-0.4, -0.2) is 16.6 Å². The highest BCUT2D eigenvalue weighted by Gasteiger charge is 2.51. The van der Waals surface area contributed by atoms with Crippen molar-refractivity contribution in [1.29, 1.82) is 0 Å². The average molecular weight is 499 g/mol. The van der Waals surface area contributed by atoms with E-state index < -0.39 is 5.37 Å². The molecule has 1 unspecified atom stereocenters. The molecule has 0 spiro atoms. The molecule has 1 saturated heterocycles. The number of amides is 1. The van der Waals surface area contributed by atoms with E-state index in [1.54, 1.807) is 28.4 Å². The molecule has 8 rings (SSSR count). The van der Waals surface area contributed by atoms with Gasteiger partial charge >= 0.3 is 0 Å². The van der Waals surface area contributed by atoms with Crippen molar-refractivity contribution < 1.29 is 9.18 Å². The fraction of sp³-hybridized carbons (Fsp3) is 0.462. The van der Waals surface area contributed by atoms with Crippen LogP contribution < -0.4 is 4.90 Å². The predicted octanol–water partition coefficient (Wildman–Crippen LogP) is 7.34. The molecule has 2 heterocycles. The second kappa shape index (κ2) is 7.43. The summed E-state index contributed by atoms with van der Waals surface area (Å²) in [4.78, 5) is 19.3. The third-order valence-electron chi connectivity index (χ3n) is 8.35.